The molecular weight excluding hydrogens is 246 g/mol. The maximum atomic E-state index is 11.8. The van der Waals surface area contributed by atoms with Crippen molar-refractivity contribution in [1.29, 1.82) is 0 Å². The van der Waals surface area contributed by atoms with E-state index in [9.17, 15) is 4.79 Å². The van der Waals surface area contributed by atoms with E-state index in [2.05, 4.69) is 15.3 Å². The van der Waals surface area contributed by atoms with Gasteiger partial charge in [0.2, 0.25) is 0 Å². The van der Waals surface area contributed by atoms with Gasteiger partial charge in [0.25, 0.3) is 5.91 Å². The van der Waals surface area contributed by atoms with Crippen LogP contribution >= 0.6 is 0 Å². The molecule has 0 atom stereocenters. The molecular formula is C12H13N5O2. The Bertz CT molecular complexity index is 537. The van der Waals surface area contributed by atoms with Crippen LogP contribution in [0.4, 0.5) is 0 Å². The molecule has 1 amide bonds. The highest BCUT2D eigenvalue weighted by Gasteiger charge is 2.32. The molecule has 0 radical (unpaired) electrons. The van der Waals surface area contributed by atoms with Crippen LogP contribution < -0.4 is 4.74 Å². The van der Waals surface area contributed by atoms with Crippen LogP contribution in [0.2, 0.25) is 0 Å². The van der Waals surface area contributed by atoms with Crippen molar-refractivity contribution >= 4 is 5.91 Å². The van der Waals surface area contributed by atoms with Gasteiger partial charge in [-0.2, -0.15) is 0 Å². The second kappa shape index (κ2) is 5.05. The minimum absolute atomic E-state index is 0.0276. The highest BCUT2D eigenvalue weighted by atomic mass is 16.5. The molecule has 0 aromatic carbocycles. The Balaban J connectivity index is 1.46. The predicted octanol–water partition coefficient (Wildman–Crippen LogP) is 0.135. The molecule has 0 saturated carbocycles. The number of likely N-dealkylation sites (tertiary alicyclic amines) is 1. The third-order valence-electron chi connectivity index (χ3n) is 3.03. The van der Waals surface area contributed by atoms with Crippen molar-refractivity contribution in [2.45, 2.75) is 6.04 Å². The first-order chi connectivity index (χ1) is 9.33. The van der Waals surface area contributed by atoms with Crippen molar-refractivity contribution in [1.82, 2.24) is 24.9 Å². The summed E-state index contributed by atoms with van der Waals surface area (Å²) in [6.07, 6.45) is 6.68. The summed E-state index contributed by atoms with van der Waals surface area (Å²) >= 11 is 0. The topological polar surface area (TPSA) is 73.1 Å². The molecule has 2 aromatic heterocycles. The fraction of sp³-hybridized carbons (Fsp3) is 0.333. The SMILES string of the molecule is O=C(COc1cccnc1)N1CC(n2ccnn2)C1. The lowest BCUT2D eigenvalue weighted by molar-refractivity contribution is -0.139. The molecule has 2 aromatic rings. The summed E-state index contributed by atoms with van der Waals surface area (Å²) in [4.78, 5) is 17.5. The molecule has 0 spiro atoms. The number of aromatic nitrogens is 4. The zero-order valence-corrected chi connectivity index (χ0v) is 10.2. The van der Waals surface area contributed by atoms with Crippen LogP contribution in [0.25, 0.3) is 0 Å². The van der Waals surface area contributed by atoms with E-state index >= 15 is 0 Å². The Morgan fingerprint density at radius 1 is 1.42 bits per heavy atom. The molecule has 7 heteroatoms. The lowest BCUT2D eigenvalue weighted by Gasteiger charge is -2.38. The van der Waals surface area contributed by atoms with E-state index in [0.717, 1.165) is 0 Å². The molecule has 0 N–H and O–H groups in total. The van der Waals surface area contributed by atoms with Crippen molar-refractivity contribution < 1.29 is 9.53 Å². The van der Waals surface area contributed by atoms with Gasteiger partial charge in [-0.3, -0.25) is 9.78 Å². The Hall–Kier alpha value is -2.44. The Labute approximate surface area is 109 Å². The van der Waals surface area contributed by atoms with E-state index in [-0.39, 0.29) is 18.6 Å². The average Bonchev–Trinajstić information content (AvgIpc) is 2.90. The minimum atomic E-state index is -0.0276. The fourth-order valence-electron chi connectivity index (χ4n) is 1.91. The van der Waals surface area contributed by atoms with Crippen LogP contribution in [0.1, 0.15) is 6.04 Å². The molecule has 1 aliphatic heterocycles. The van der Waals surface area contributed by atoms with Gasteiger partial charge in [-0.25, -0.2) is 4.68 Å². The van der Waals surface area contributed by atoms with Gasteiger partial charge in [0.1, 0.15) is 5.75 Å². The van der Waals surface area contributed by atoms with Crippen molar-refractivity contribution in [3.63, 3.8) is 0 Å². The fourth-order valence-corrected chi connectivity index (χ4v) is 1.91. The summed E-state index contributed by atoms with van der Waals surface area (Å²) in [6, 6.07) is 3.77. The normalized spacial score (nSPS) is 15.1. The second-order valence-corrected chi connectivity index (χ2v) is 4.31. The smallest absolute Gasteiger partial charge is 0.260 e. The quantitative estimate of drug-likeness (QED) is 0.780. The van der Waals surface area contributed by atoms with Crippen molar-refractivity contribution in [2.24, 2.45) is 0 Å². The van der Waals surface area contributed by atoms with Crippen LogP contribution in [0.3, 0.4) is 0 Å². The highest BCUT2D eigenvalue weighted by molar-refractivity contribution is 5.78. The van der Waals surface area contributed by atoms with Crippen LogP contribution in [-0.4, -0.2) is 50.5 Å². The first kappa shape index (κ1) is 11.6. The number of nitrogens with zero attached hydrogens (tertiary/aromatic N) is 5. The van der Waals surface area contributed by atoms with Crippen molar-refractivity contribution in [2.75, 3.05) is 19.7 Å². The van der Waals surface area contributed by atoms with E-state index in [1.807, 2.05) is 0 Å². The zero-order chi connectivity index (χ0) is 13.1. The largest absolute Gasteiger partial charge is 0.482 e. The van der Waals surface area contributed by atoms with E-state index < -0.39 is 0 Å². The molecule has 1 aliphatic rings. The van der Waals surface area contributed by atoms with Gasteiger partial charge >= 0.3 is 0 Å². The molecule has 3 heterocycles. The average molecular weight is 259 g/mol. The minimum Gasteiger partial charge on any atom is -0.482 e. The number of carbonyl (C=O) groups is 1. The van der Waals surface area contributed by atoms with Gasteiger partial charge in [0, 0.05) is 25.5 Å². The summed E-state index contributed by atoms with van der Waals surface area (Å²) in [5, 5.41) is 7.66. The first-order valence-electron chi connectivity index (χ1n) is 5.99. The maximum Gasteiger partial charge on any atom is 0.260 e. The molecule has 7 nitrogen and oxygen atoms in total. The lowest BCUT2D eigenvalue weighted by atomic mass is 10.1. The summed E-state index contributed by atoms with van der Waals surface area (Å²) < 4.78 is 7.13. The van der Waals surface area contributed by atoms with Gasteiger partial charge in [0.15, 0.2) is 6.61 Å². The van der Waals surface area contributed by atoms with Gasteiger partial charge in [0.05, 0.1) is 18.4 Å². The van der Waals surface area contributed by atoms with E-state index in [1.165, 1.54) is 0 Å². The van der Waals surface area contributed by atoms with Gasteiger partial charge in [-0.1, -0.05) is 5.21 Å². The first-order valence-corrected chi connectivity index (χ1v) is 5.99. The lowest BCUT2D eigenvalue weighted by Crippen LogP contribution is -2.52. The van der Waals surface area contributed by atoms with Gasteiger partial charge in [-0.05, 0) is 12.1 Å². The van der Waals surface area contributed by atoms with Crippen LogP contribution in [0, 0.1) is 0 Å². The Kier molecular flexibility index (Phi) is 3.09. The third-order valence-corrected chi connectivity index (χ3v) is 3.03. The molecule has 98 valence electrons. The van der Waals surface area contributed by atoms with E-state index in [4.69, 9.17) is 4.74 Å². The Morgan fingerprint density at radius 3 is 3.00 bits per heavy atom. The number of carbonyl (C=O) groups excluding carboxylic acids is 1. The Morgan fingerprint density at radius 2 is 2.32 bits per heavy atom. The standard InChI is InChI=1S/C12H13N5O2/c18-12(9-19-11-2-1-3-13-6-11)16-7-10(8-16)17-5-4-14-15-17/h1-6,10H,7-9H2. The summed E-state index contributed by atoms with van der Waals surface area (Å²) in [5.41, 5.74) is 0. The van der Waals surface area contributed by atoms with Crippen molar-refractivity contribution in [3.05, 3.63) is 36.9 Å². The molecule has 0 aliphatic carbocycles. The number of pyridine rings is 1. The van der Waals surface area contributed by atoms with Crippen LogP contribution in [0.5, 0.6) is 5.75 Å². The second-order valence-electron chi connectivity index (χ2n) is 4.31. The number of rotatable bonds is 4. The summed E-state index contributed by atoms with van der Waals surface area (Å²) in [7, 11) is 0. The summed E-state index contributed by atoms with van der Waals surface area (Å²) in [5.74, 6) is 0.574. The number of amides is 1. The monoisotopic (exact) mass is 259 g/mol. The molecule has 19 heavy (non-hydrogen) atoms. The van der Waals surface area contributed by atoms with Crippen LogP contribution in [0.15, 0.2) is 36.9 Å². The van der Waals surface area contributed by atoms with Gasteiger partial charge in [-0.15, -0.1) is 5.10 Å². The predicted molar refractivity (Wildman–Crippen MR) is 65.4 cm³/mol. The van der Waals surface area contributed by atoms with Crippen molar-refractivity contribution in [3.8, 4) is 5.75 Å². The van der Waals surface area contributed by atoms with Gasteiger partial charge < -0.3 is 9.64 Å². The molecule has 0 bridgehead atoms. The molecule has 1 saturated heterocycles. The third kappa shape index (κ3) is 2.54. The number of ether oxygens (including phenoxy) is 1. The maximum absolute atomic E-state index is 11.8. The molecule has 3 rings (SSSR count). The zero-order valence-electron chi connectivity index (χ0n) is 10.2. The highest BCUT2D eigenvalue weighted by Crippen LogP contribution is 2.19. The number of hydrogen-bond donors (Lipinski definition) is 0. The summed E-state index contributed by atoms with van der Waals surface area (Å²) in [6.45, 7) is 1.34. The van der Waals surface area contributed by atoms with E-state index in [0.29, 0.717) is 18.8 Å². The van der Waals surface area contributed by atoms with E-state index in [1.54, 1.807) is 46.5 Å². The van der Waals surface area contributed by atoms with Crippen LogP contribution in [-0.2, 0) is 4.79 Å². The number of hydrogen-bond acceptors (Lipinski definition) is 5. The molecule has 0 unspecified atom stereocenters. The molecule has 1 fully saturated rings.